The van der Waals surface area contributed by atoms with E-state index in [4.69, 9.17) is 5.73 Å². The Hall–Kier alpha value is -2.63. The zero-order chi connectivity index (χ0) is 22.7. The normalized spacial score (nSPS) is 19.4. The lowest BCUT2D eigenvalue weighted by molar-refractivity contribution is -0.117. The van der Waals surface area contributed by atoms with Gasteiger partial charge in [-0.1, -0.05) is 32.6 Å². The molecule has 4 rings (SSSR count). The molecule has 172 valence electrons. The molecule has 0 bridgehead atoms. The fraction of sp³-hybridized carbons (Fsp3) is 0.500. The van der Waals surface area contributed by atoms with E-state index in [1.807, 2.05) is 12.1 Å². The highest BCUT2D eigenvalue weighted by Gasteiger charge is 2.23. The third kappa shape index (κ3) is 5.59. The van der Waals surface area contributed by atoms with Gasteiger partial charge in [-0.2, -0.15) is 0 Å². The molecule has 1 amide bonds. The highest BCUT2D eigenvalue weighted by molar-refractivity contribution is 5.94. The van der Waals surface area contributed by atoms with Crippen molar-refractivity contribution in [2.45, 2.75) is 70.8 Å². The molecule has 0 saturated heterocycles. The number of hydrogen-bond acceptors (Lipinski definition) is 3. The summed E-state index contributed by atoms with van der Waals surface area (Å²) in [4.78, 5) is 12.6. The summed E-state index contributed by atoms with van der Waals surface area (Å²) in [5, 5.41) is 6.26. The average molecular weight is 442 g/mol. The van der Waals surface area contributed by atoms with Gasteiger partial charge < -0.3 is 16.4 Å². The second kappa shape index (κ2) is 9.88. The van der Waals surface area contributed by atoms with E-state index in [2.05, 4.69) is 17.6 Å². The minimum absolute atomic E-state index is 0.00265. The molecule has 0 aliphatic heterocycles. The number of halogens is 2. The number of carbonyl (C=O) groups excluding carboxylic acids is 1. The van der Waals surface area contributed by atoms with Gasteiger partial charge in [0, 0.05) is 18.2 Å². The van der Waals surface area contributed by atoms with Crippen molar-refractivity contribution in [3.05, 3.63) is 53.1 Å². The van der Waals surface area contributed by atoms with Crippen LogP contribution >= 0.6 is 0 Å². The SMILES string of the molecule is CC(CC(=O)Nc1cc2c(cc1N)C(Nc1cc(F)cc(F)c1)CCC2)CC1CCCC1. The summed E-state index contributed by atoms with van der Waals surface area (Å²) in [5.74, 6) is -0.0887. The quantitative estimate of drug-likeness (QED) is 0.425. The van der Waals surface area contributed by atoms with Crippen LogP contribution in [0.5, 0.6) is 0 Å². The van der Waals surface area contributed by atoms with Gasteiger partial charge in [0.15, 0.2) is 0 Å². The first-order chi connectivity index (χ1) is 15.4. The Morgan fingerprint density at radius 2 is 1.78 bits per heavy atom. The number of nitrogens with two attached hydrogens (primary N) is 1. The van der Waals surface area contributed by atoms with Crippen molar-refractivity contribution < 1.29 is 13.6 Å². The van der Waals surface area contributed by atoms with Crippen molar-refractivity contribution in [1.29, 1.82) is 0 Å². The van der Waals surface area contributed by atoms with Crippen LogP contribution in [0.15, 0.2) is 30.3 Å². The minimum atomic E-state index is -0.608. The standard InChI is InChI=1S/C26H33F2N3O/c1-16(9-17-5-2-3-6-17)10-26(32)31-25-11-18-7-4-8-24(22(18)15-23(25)29)30-21-13-19(27)12-20(28)14-21/h11-17,24,30H,2-10,29H2,1H3,(H,31,32). The fourth-order valence-electron chi connectivity index (χ4n) is 5.38. The minimum Gasteiger partial charge on any atom is -0.397 e. The number of fused-ring (bicyclic) bond motifs is 1. The smallest absolute Gasteiger partial charge is 0.224 e. The van der Waals surface area contributed by atoms with E-state index in [0.717, 1.165) is 48.8 Å². The molecule has 32 heavy (non-hydrogen) atoms. The predicted molar refractivity (Wildman–Crippen MR) is 125 cm³/mol. The third-order valence-electron chi connectivity index (χ3n) is 6.85. The molecule has 1 saturated carbocycles. The number of anilines is 3. The van der Waals surface area contributed by atoms with E-state index in [1.54, 1.807) is 0 Å². The van der Waals surface area contributed by atoms with Crippen LogP contribution in [0.1, 0.15) is 75.5 Å². The van der Waals surface area contributed by atoms with Crippen LogP contribution in [0.2, 0.25) is 0 Å². The van der Waals surface area contributed by atoms with E-state index in [0.29, 0.717) is 29.4 Å². The van der Waals surface area contributed by atoms with Crippen molar-refractivity contribution in [2.24, 2.45) is 11.8 Å². The van der Waals surface area contributed by atoms with E-state index >= 15 is 0 Å². The molecule has 1 fully saturated rings. The van der Waals surface area contributed by atoms with E-state index in [9.17, 15) is 13.6 Å². The molecule has 2 aromatic rings. The average Bonchev–Trinajstić information content (AvgIpc) is 3.21. The van der Waals surface area contributed by atoms with Gasteiger partial charge in [-0.15, -0.1) is 0 Å². The summed E-state index contributed by atoms with van der Waals surface area (Å²) in [6.07, 6.45) is 9.50. The number of carbonyl (C=O) groups is 1. The molecule has 4 nitrogen and oxygen atoms in total. The number of benzene rings is 2. The van der Waals surface area contributed by atoms with E-state index in [1.165, 1.54) is 37.8 Å². The maximum absolute atomic E-state index is 13.6. The zero-order valence-corrected chi connectivity index (χ0v) is 18.7. The van der Waals surface area contributed by atoms with Crippen LogP contribution in [0, 0.1) is 23.5 Å². The fourth-order valence-corrected chi connectivity index (χ4v) is 5.38. The lowest BCUT2D eigenvalue weighted by atomic mass is 9.86. The molecule has 0 heterocycles. The molecule has 0 spiro atoms. The van der Waals surface area contributed by atoms with Crippen LogP contribution in [-0.4, -0.2) is 5.91 Å². The molecule has 0 aromatic heterocycles. The lowest BCUT2D eigenvalue weighted by Gasteiger charge is -2.28. The number of nitrogens with one attached hydrogen (secondary N) is 2. The summed E-state index contributed by atoms with van der Waals surface area (Å²) in [7, 11) is 0. The number of rotatable bonds is 7. The second-order valence-corrected chi connectivity index (χ2v) is 9.63. The van der Waals surface area contributed by atoms with Gasteiger partial charge in [-0.25, -0.2) is 8.78 Å². The number of amides is 1. The molecular weight excluding hydrogens is 408 g/mol. The van der Waals surface area contributed by atoms with Crippen LogP contribution < -0.4 is 16.4 Å². The Morgan fingerprint density at radius 1 is 1.06 bits per heavy atom. The molecular formula is C26H33F2N3O. The van der Waals surface area contributed by atoms with Gasteiger partial charge in [0.2, 0.25) is 5.91 Å². The van der Waals surface area contributed by atoms with Crippen molar-refractivity contribution in [3.63, 3.8) is 0 Å². The number of nitrogen functional groups attached to an aromatic ring is 1. The third-order valence-corrected chi connectivity index (χ3v) is 6.85. The van der Waals surface area contributed by atoms with Gasteiger partial charge in [0.05, 0.1) is 17.4 Å². The summed E-state index contributed by atoms with van der Waals surface area (Å²) < 4.78 is 27.2. The second-order valence-electron chi connectivity index (χ2n) is 9.63. The summed E-state index contributed by atoms with van der Waals surface area (Å²) in [6, 6.07) is 7.22. The lowest BCUT2D eigenvalue weighted by Crippen LogP contribution is -2.20. The molecule has 6 heteroatoms. The molecule has 4 N–H and O–H groups in total. The van der Waals surface area contributed by atoms with Gasteiger partial charge in [-0.05, 0) is 72.9 Å². The predicted octanol–water partition coefficient (Wildman–Crippen LogP) is 6.58. The van der Waals surface area contributed by atoms with Crippen LogP contribution in [0.3, 0.4) is 0 Å². The Labute approximate surface area is 189 Å². The summed E-state index contributed by atoms with van der Waals surface area (Å²) in [6.45, 7) is 2.15. The Bertz CT molecular complexity index is 952. The maximum atomic E-state index is 13.6. The molecule has 2 unspecified atom stereocenters. The maximum Gasteiger partial charge on any atom is 0.224 e. The van der Waals surface area contributed by atoms with Gasteiger partial charge >= 0.3 is 0 Å². The van der Waals surface area contributed by atoms with Crippen LogP contribution in [0.25, 0.3) is 0 Å². The largest absolute Gasteiger partial charge is 0.397 e. The Balaban J connectivity index is 1.42. The molecule has 0 radical (unpaired) electrons. The summed E-state index contributed by atoms with van der Waals surface area (Å²) >= 11 is 0. The van der Waals surface area contributed by atoms with Crippen molar-refractivity contribution in [1.82, 2.24) is 0 Å². The highest BCUT2D eigenvalue weighted by Crippen LogP contribution is 2.37. The molecule has 2 atom stereocenters. The van der Waals surface area contributed by atoms with Crippen molar-refractivity contribution >= 4 is 23.0 Å². The molecule has 2 aliphatic carbocycles. The van der Waals surface area contributed by atoms with E-state index < -0.39 is 11.6 Å². The molecule has 2 aromatic carbocycles. The summed E-state index contributed by atoms with van der Waals surface area (Å²) in [5.41, 5.74) is 10.00. The Morgan fingerprint density at radius 3 is 2.50 bits per heavy atom. The first-order valence-corrected chi connectivity index (χ1v) is 11.8. The van der Waals surface area contributed by atoms with Crippen molar-refractivity contribution in [3.8, 4) is 0 Å². The van der Waals surface area contributed by atoms with Crippen molar-refractivity contribution in [2.75, 3.05) is 16.4 Å². The topological polar surface area (TPSA) is 67.2 Å². The van der Waals surface area contributed by atoms with Crippen LogP contribution in [-0.2, 0) is 11.2 Å². The van der Waals surface area contributed by atoms with Gasteiger partial charge in [0.1, 0.15) is 11.6 Å². The monoisotopic (exact) mass is 441 g/mol. The zero-order valence-electron chi connectivity index (χ0n) is 18.7. The highest BCUT2D eigenvalue weighted by atomic mass is 19.1. The number of aryl methyl sites for hydroxylation is 1. The Kier molecular flexibility index (Phi) is 6.97. The first kappa shape index (κ1) is 22.6. The van der Waals surface area contributed by atoms with Crippen LogP contribution in [0.4, 0.5) is 25.8 Å². The number of hydrogen-bond donors (Lipinski definition) is 3. The van der Waals surface area contributed by atoms with E-state index in [-0.39, 0.29) is 11.9 Å². The van der Waals surface area contributed by atoms with Gasteiger partial charge in [0.25, 0.3) is 0 Å². The molecule has 2 aliphatic rings. The first-order valence-electron chi connectivity index (χ1n) is 11.8. The van der Waals surface area contributed by atoms with Gasteiger partial charge in [-0.3, -0.25) is 4.79 Å².